The molecule has 0 radical (unpaired) electrons. The molecule has 1 atom stereocenters. The topological polar surface area (TPSA) is 9.23 Å². The van der Waals surface area contributed by atoms with Crippen LogP contribution < -0.4 is 0 Å². The maximum absolute atomic E-state index is 12.5. The molecule has 0 spiro atoms. The largest absolute Gasteiger partial charge is 0.417 e. The molecule has 0 heterocycles. The Balaban J connectivity index is 2.62. The second kappa shape index (κ2) is 3.12. The number of halogens is 3. The smallest absolute Gasteiger partial charge is 0.362 e. The van der Waals surface area contributed by atoms with Crippen LogP contribution in [-0.4, -0.2) is 17.9 Å². The molecule has 0 aromatic carbocycles. The molecule has 14 heavy (non-hydrogen) atoms. The van der Waals surface area contributed by atoms with E-state index >= 15 is 0 Å². The Bertz CT molecular complexity index is 210. The molecule has 0 amide bonds. The van der Waals surface area contributed by atoms with E-state index in [2.05, 4.69) is 0 Å². The van der Waals surface area contributed by atoms with Crippen LogP contribution in [0.1, 0.15) is 40.5 Å². The first-order chi connectivity index (χ1) is 6.08. The fourth-order valence-corrected chi connectivity index (χ4v) is 1.10. The first-order valence-corrected chi connectivity index (χ1v) is 4.83. The fourth-order valence-electron chi connectivity index (χ4n) is 1.10. The van der Waals surface area contributed by atoms with Crippen molar-refractivity contribution in [1.82, 2.24) is 0 Å². The summed E-state index contributed by atoms with van der Waals surface area (Å²) < 4.78 is 42.7. The number of alkyl halides is 3. The minimum atomic E-state index is -4.22. The Morgan fingerprint density at radius 1 is 1.14 bits per heavy atom. The van der Waals surface area contributed by atoms with Gasteiger partial charge in [0.1, 0.15) is 0 Å². The molecule has 0 unspecified atom stereocenters. The highest BCUT2D eigenvalue weighted by atomic mass is 19.4. The molecule has 0 aromatic heterocycles. The number of hydrogen-bond donors (Lipinski definition) is 0. The summed E-state index contributed by atoms with van der Waals surface area (Å²) in [5.74, 6) is 0. The van der Waals surface area contributed by atoms with Crippen molar-refractivity contribution in [3.63, 3.8) is 0 Å². The van der Waals surface area contributed by atoms with E-state index in [4.69, 9.17) is 4.74 Å². The van der Waals surface area contributed by atoms with E-state index in [1.807, 2.05) is 20.8 Å². The zero-order chi connectivity index (χ0) is 11.2. The van der Waals surface area contributed by atoms with Crippen molar-refractivity contribution in [3.05, 3.63) is 0 Å². The number of ether oxygens (including phenoxy) is 1. The van der Waals surface area contributed by atoms with Crippen molar-refractivity contribution in [2.24, 2.45) is 5.41 Å². The van der Waals surface area contributed by atoms with Crippen molar-refractivity contribution in [1.29, 1.82) is 0 Å². The third-order valence-electron chi connectivity index (χ3n) is 2.84. The van der Waals surface area contributed by atoms with Gasteiger partial charge in [-0.05, 0) is 25.2 Å². The van der Waals surface area contributed by atoms with Gasteiger partial charge in [-0.3, -0.25) is 0 Å². The van der Waals surface area contributed by atoms with Gasteiger partial charge in [0.15, 0.2) is 5.60 Å². The van der Waals surface area contributed by atoms with Crippen LogP contribution in [0.4, 0.5) is 13.2 Å². The van der Waals surface area contributed by atoms with Crippen LogP contribution >= 0.6 is 0 Å². The molecule has 1 nitrogen and oxygen atoms in total. The Hall–Kier alpha value is -0.250. The molecular formula is C10H17F3O. The minimum absolute atomic E-state index is 0.108. The Kier molecular flexibility index (Phi) is 2.64. The van der Waals surface area contributed by atoms with Crippen molar-refractivity contribution in [3.8, 4) is 0 Å². The number of hydrogen-bond acceptors (Lipinski definition) is 1. The van der Waals surface area contributed by atoms with Gasteiger partial charge in [-0.15, -0.1) is 0 Å². The predicted octanol–water partition coefficient (Wildman–Crippen LogP) is 3.53. The SMILES string of the molecule is C[C@H](OC1(C(F)(F)F)CC1)C(C)(C)C. The molecule has 1 aliphatic carbocycles. The summed E-state index contributed by atoms with van der Waals surface area (Å²) in [6, 6.07) is 0. The van der Waals surface area contributed by atoms with E-state index in [0.29, 0.717) is 0 Å². The van der Waals surface area contributed by atoms with Crippen LogP contribution in [0.5, 0.6) is 0 Å². The zero-order valence-electron chi connectivity index (χ0n) is 9.03. The summed E-state index contributed by atoms with van der Waals surface area (Å²) in [6.45, 7) is 7.34. The monoisotopic (exact) mass is 210 g/mol. The lowest BCUT2D eigenvalue weighted by Crippen LogP contribution is -2.40. The van der Waals surface area contributed by atoms with Gasteiger partial charge in [-0.2, -0.15) is 13.2 Å². The van der Waals surface area contributed by atoms with Crippen molar-refractivity contribution in [2.75, 3.05) is 0 Å². The van der Waals surface area contributed by atoms with Gasteiger partial charge >= 0.3 is 6.18 Å². The van der Waals surface area contributed by atoms with E-state index in [1.54, 1.807) is 6.92 Å². The first kappa shape index (κ1) is 11.8. The highest BCUT2D eigenvalue weighted by molar-refractivity contribution is 5.03. The predicted molar refractivity (Wildman–Crippen MR) is 48.0 cm³/mol. The molecule has 4 heteroatoms. The van der Waals surface area contributed by atoms with Crippen molar-refractivity contribution < 1.29 is 17.9 Å². The van der Waals surface area contributed by atoms with E-state index in [0.717, 1.165) is 0 Å². The summed E-state index contributed by atoms with van der Waals surface area (Å²) in [7, 11) is 0. The van der Waals surface area contributed by atoms with Crippen LogP contribution in [0.2, 0.25) is 0 Å². The van der Waals surface area contributed by atoms with E-state index in [9.17, 15) is 13.2 Å². The van der Waals surface area contributed by atoms with Crippen LogP contribution in [-0.2, 0) is 4.74 Å². The van der Waals surface area contributed by atoms with Gasteiger partial charge in [0.05, 0.1) is 6.10 Å². The van der Waals surface area contributed by atoms with Gasteiger partial charge in [-0.25, -0.2) is 0 Å². The molecule has 0 saturated heterocycles. The summed E-state index contributed by atoms with van der Waals surface area (Å²) >= 11 is 0. The maximum Gasteiger partial charge on any atom is 0.417 e. The lowest BCUT2D eigenvalue weighted by atomic mass is 9.90. The second-order valence-electron chi connectivity index (χ2n) is 5.12. The molecule has 84 valence electrons. The zero-order valence-corrected chi connectivity index (χ0v) is 9.03. The molecule has 1 saturated carbocycles. The summed E-state index contributed by atoms with van der Waals surface area (Å²) in [4.78, 5) is 0. The molecule has 1 aliphatic rings. The van der Waals surface area contributed by atoms with Gasteiger partial charge < -0.3 is 4.74 Å². The Labute approximate surface area is 82.6 Å². The minimum Gasteiger partial charge on any atom is -0.362 e. The molecule has 0 N–H and O–H groups in total. The molecule has 0 bridgehead atoms. The third kappa shape index (κ3) is 2.22. The first-order valence-electron chi connectivity index (χ1n) is 4.83. The molecule has 1 rings (SSSR count). The van der Waals surface area contributed by atoms with Crippen LogP contribution in [0.3, 0.4) is 0 Å². The van der Waals surface area contributed by atoms with Gasteiger partial charge in [0, 0.05) is 0 Å². The molecule has 0 aliphatic heterocycles. The quantitative estimate of drug-likeness (QED) is 0.677. The Morgan fingerprint density at radius 2 is 1.57 bits per heavy atom. The molecular weight excluding hydrogens is 193 g/mol. The van der Waals surface area contributed by atoms with Crippen LogP contribution in [0.15, 0.2) is 0 Å². The van der Waals surface area contributed by atoms with Gasteiger partial charge in [0.2, 0.25) is 0 Å². The van der Waals surface area contributed by atoms with Crippen molar-refractivity contribution in [2.45, 2.75) is 58.4 Å². The lowest BCUT2D eigenvalue weighted by molar-refractivity contribution is -0.255. The van der Waals surface area contributed by atoms with Gasteiger partial charge in [-0.1, -0.05) is 20.8 Å². The standard InChI is InChI=1S/C10H17F3O/c1-7(8(2,3)4)14-9(5-6-9)10(11,12)13/h7H,5-6H2,1-4H3/t7-/m0/s1. The fraction of sp³-hybridized carbons (Fsp3) is 1.00. The molecule has 0 aromatic rings. The highest BCUT2D eigenvalue weighted by Crippen LogP contribution is 2.53. The average molecular weight is 210 g/mol. The lowest BCUT2D eigenvalue weighted by Gasteiger charge is -2.32. The summed E-state index contributed by atoms with van der Waals surface area (Å²) in [6.07, 6.45) is -4.38. The summed E-state index contributed by atoms with van der Waals surface area (Å²) in [5, 5.41) is 0. The van der Waals surface area contributed by atoms with E-state index < -0.39 is 11.8 Å². The average Bonchev–Trinajstić information content (AvgIpc) is 2.64. The van der Waals surface area contributed by atoms with Gasteiger partial charge in [0.25, 0.3) is 0 Å². The summed E-state index contributed by atoms with van der Waals surface area (Å²) in [5.41, 5.74) is -2.08. The van der Waals surface area contributed by atoms with Crippen molar-refractivity contribution >= 4 is 0 Å². The normalized spacial score (nSPS) is 23.4. The third-order valence-corrected chi connectivity index (χ3v) is 2.84. The van der Waals surface area contributed by atoms with E-state index in [-0.39, 0.29) is 24.4 Å². The van der Waals surface area contributed by atoms with Crippen LogP contribution in [0.25, 0.3) is 0 Å². The van der Waals surface area contributed by atoms with E-state index in [1.165, 1.54) is 0 Å². The highest BCUT2D eigenvalue weighted by Gasteiger charge is 2.65. The Morgan fingerprint density at radius 3 is 1.79 bits per heavy atom. The second-order valence-corrected chi connectivity index (χ2v) is 5.12. The maximum atomic E-state index is 12.5. The molecule has 1 fully saturated rings. The van der Waals surface area contributed by atoms with Crippen LogP contribution in [0, 0.1) is 5.41 Å². The number of rotatable bonds is 2.